The van der Waals surface area contributed by atoms with E-state index in [-0.39, 0.29) is 12.3 Å². The van der Waals surface area contributed by atoms with Crippen molar-refractivity contribution in [2.45, 2.75) is 19.3 Å². The van der Waals surface area contributed by atoms with Gasteiger partial charge in [-0.15, -0.1) is 0 Å². The van der Waals surface area contributed by atoms with Crippen molar-refractivity contribution in [2.24, 2.45) is 0 Å². The van der Waals surface area contributed by atoms with E-state index in [2.05, 4.69) is 32.4 Å². The molecular weight excluding hydrogens is 417 g/mol. The second-order valence-electron chi connectivity index (χ2n) is 8.06. The molecule has 2 aromatic heterocycles. The van der Waals surface area contributed by atoms with Gasteiger partial charge in [-0.05, 0) is 49.1 Å². The second kappa shape index (κ2) is 8.39. The highest BCUT2D eigenvalue weighted by Gasteiger charge is 2.31. The van der Waals surface area contributed by atoms with E-state index in [1.165, 1.54) is 25.6 Å². The fraction of sp³-hybridized carbons (Fsp3) is 0.409. The topological polar surface area (TPSA) is 61.7 Å². The standard InChI is InChI=1S/C22H24FN5O2S/c23-16-13-17-14-20(29)27(22(30)28(17)15-16)8-4-3-7-25-9-11-26(12-10-25)21-18-5-1-2-6-19(18)31-24-21/h1-2,5-6,13,15H,3-4,7-12,14H2. The molecule has 0 aliphatic carbocycles. The second-order valence-corrected chi connectivity index (χ2v) is 8.87. The lowest BCUT2D eigenvalue weighted by atomic mass is 10.2. The predicted octanol–water partition coefficient (Wildman–Crippen LogP) is 3.19. The molecule has 0 unspecified atom stereocenters. The maximum absolute atomic E-state index is 13.4. The third-order valence-electron chi connectivity index (χ3n) is 6.07. The van der Waals surface area contributed by atoms with E-state index in [4.69, 9.17) is 0 Å². The zero-order valence-corrected chi connectivity index (χ0v) is 18.0. The molecule has 7 nitrogen and oxygen atoms in total. The number of unbranched alkanes of at least 4 members (excludes halogenated alkanes) is 1. The van der Waals surface area contributed by atoms with Gasteiger partial charge in [0.1, 0.15) is 11.6 Å². The van der Waals surface area contributed by atoms with Gasteiger partial charge in [0.25, 0.3) is 0 Å². The van der Waals surface area contributed by atoms with Crippen molar-refractivity contribution in [3.05, 3.63) is 48.0 Å². The number of rotatable bonds is 6. The highest BCUT2D eigenvalue weighted by molar-refractivity contribution is 7.13. The lowest BCUT2D eigenvalue weighted by Crippen LogP contribution is -2.47. The quantitative estimate of drug-likeness (QED) is 0.550. The molecule has 1 fully saturated rings. The number of halogens is 1. The summed E-state index contributed by atoms with van der Waals surface area (Å²) in [6, 6.07) is 9.15. The molecule has 0 atom stereocenters. The molecular formula is C22H24FN5O2S. The number of imide groups is 1. The van der Waals surface area contributed by atoms with Gasteiger partial charge in [0.15, 0.2) is 0 Å². The Kier molecular flexibility index (Phi) is 5.45. The number of carbonyl (C=O) groups is 2. The van der Waals surface area contributed by atoms with Gasteiger partial charge in [-0.1, -0.05) is 12.1 Å². The first-order valence-electron chi connectivity index (χ1n) is 10.6. The average molecular weight is 442 g/mol. The highest BCUT2D eigenvalue weighted by atomic mass is 32.1. The predicted molar refractivity (Wildman–Crippen MR) is 118 cm³/mol. The molecule has 2 amide bonds. The minimum atomic E-state index is -0.484. The number of hydrogen-bond acceptors (Lipinski definition) is 6. The van der Waals surface area contributed by atoms with Crippen molar-refractivity contribution in [3.63, 3.8) is 0 Å². The number of nitrogens with zero attached hydrogens (tertiary/aromatic N) is 5. The first kappa shape index (κ1) is 20.1. The van der Waals surface area contributed by atoms with Gasteiger partial charge in [0, 0.05) is 50.0 Å². The van der Waals surface area contributed by atoms with Crippen LogP contribution in [0.4, 0.5) is 15.0 Å². The molecule has 31 heavy (non-hydrogen) atoms. The molecule has 0 spiro atoms. The lowest BCUT2D eigenvalue weighted by molar-refractivity contribution is -0.128. The normalized spacial score (nSPS) is 17.6. The molecule has 0 N–H and O–H groups in total. The third kappa shape index (κ3) is 3.95. The zero-order valence-electron chi connectivity index (χ0n) is 17.2. The Morgan fingerprint density at radius 3 is 2.65 bits per heavy atom. The van der Waals surface area contributed by atoms with Crippen LogP contribution in [0.5, 0.6) is 0 Å². The van der Waals surface area contributed by atoms with Crippen LogP contribution in [-0.4, -0.2) is 69.9 Å². The molecule has 1 saturated heterocycles. The van der Waals surface area contributed by atoms with Crippen molar-refractivity contribution in [3.8, 4) is 0 Å². The van der Waals surface area contributed by atoms with Gasteiger partial charge in [-0.25, -0.2) is 9.18 Å². The molecule has 0 radical (unpaired) electrons. The van der Waals surface area contributed by atoms with Crippen LogP contribution in [0.2, 0.25) is 0 Å². The Hall–Kier alpha value is -2.78. The molecule has 0 bridgehead atoms. The van der Waals surface area contributed by atoms with Crippen LogP contribution in [0.25, 0.3) is 10.1 Å². The fourth-order valence-corrected chi connectivity index (χ4v) is 5.18. The van der Waals surface area contributed by atoms with Crippen LogP contribution in [0.1, 0.15) is 18.5 Å². The van der Waals surface area contributed by atoms with Crippen LogP contribution in [0.15, 0.2) is 36.5 Å². The molecule has 4 heterocycles. The number of anilines is 1. The van der Waals surface area contributed by atoms with Crippen LogP contribution < -0.4 is 4.90 Å². The minimum absolute atomic E-state index is 0.0723. The van der Waals surface area contributed by atoms with Crippen LogP contribution in [0.3, 0.4) is 0 Å². The van der Waals surface area contributed by atoms with Crippen LogP contribution in [-0.2, 0) is 11.2 Å². The molecule has 162 valence electrons. The van der Waals surface area contributed by atoms with Crippen molar-refractivity contribution >= 4 is 39.4 Å². The molecule has 3 aromatic rings. The maximum atomic E-state index is 13.4. The summed E-state index contributed by atoms with van der Waals surface area (Å²) < 4.78 is 20.5. The minimum Gasteiger partial charge on any atom is -0.353 e. The summed E-state index contributed by atoms with van der Waals surface area (Å²) >= 11 is 1.55. The number of hydrogen-bond donors (Lipinski definition) is 0. The number of amides is 2. The summed E-state index contributed by atoms with van der Waals surface area (Å²) in [6.45, 7) is 5.14. The fourth-order valence-electron chi connectivity index (χ4n) is 4.38. The summed E-state index contributed by atoms with van der Waals surface area (Å²) in [5.74, 6) is 0.352. The number of fused-ring (bicyclic) bond motifs is 2. The highest BCUT2D eigenvalue weighted by Crippen LogP contribution is 2.29. The van der Waals surface area contributed by atoms with Gasteiger partial charge >= 0.3 is 6.03 Å². The zero-order chi connectivity index (χ0) is 21.4. The monoisotopic (exact) mass is 441 g/mol. The number of carbonyl (C=O) groups excluding carboxylic acids is 2. The Morgan fingerprint density at radius 2 is 1.81 bits per heavy atom. The summed E-state index contributed by atoms with van der Waals surface area (Å²) in [5.41, 5.74) is 0.425. The van der Waals surface area contributed by atoms with E-state index in [1.54, 1.807) is 11.5 Å². The number of piperazine rings is 1. The summed E-state index contributed by atoms with van der Waals surface area (Å²) in [6.07, 6.45) is 2.88. The summed E-state index contributed by atoms with van der Waals surface area (Å²) in [7, 11) is 0. The van der Waals surface area contributed by atoms with Gasteiger partial charge < -0.3 is 4.90 Å². The number of benzene rings is 1. The lowest BCUT2D eigenvalue weighted by Gasteiger charge is -2.35. The van der Waals surface area contributed by atoms with Crippen molar-refractivity contribution in [1.29, 1.82) is 0 Å². The summed E-state index contributed by atoms with van der Waals surface area (Å²) in [5, 5.41) is 1.22. The molecule has 2 aliphatic heterocycles. The average Bonchev–Trinajstić information content (AvgIpc) is 3.37. The Bertz CT molecular complexity index is 1120. The van der Waals surface area contributed by atoms with Gasteiger partial charge in [-0.2, -0.15) is 4.37 Å². The summed E-state index contributed by atoms with van der Waals surface area (Å²) in [4.78, 5) is 30.7. The molecule has 5 rings (SSSR count). The van der Waals surface area contributed by atoms with Crippen molar-refractivity contribution in [1.82, 2.24) is 18.7 Å². The van der Waals surface area contributed by atoms with E-state index in [1.807, 2.05) is 6.07 Å². The van der Waals surface area contributed by atoms with E-state index in [9.17, 15) is 14.0 Å². The van der Waals surface area contributed by atoms with E-state index >= 15 is 0 Å². The van der Waals surface area contributed by atoms with Gasteiger partial charge in [0.05, 0.1) is 11.1 Å². The molecule has 0 saturated carbocycles. The largest absolute Gasteiger partial charge is 0.353 e. The Morgan fingerprint density at radius 1 is 1.03 bits per heavy atom. The smallest absolute Gasteiger partial charge is 0.335 e. The van der Waals surface area contributed by atoms with E-state index in [0.717, 1.165) is 57.6 Å². The SMILES string of the molecule is O=C1Cc2cc(F)cn2C(=O)N1CCCCN1CCN(c2nsc3ccccc23)CC1. The third-order valence-corrected chi connectivity index (χ3v) is 6.89. The van der Waals surface area contributed by atoms with Crippen molar-refractivity contribution in [2.75, 3.05) is 44.2 Å². The van der Waals surface area contributed by atoms with Crippen LogP contribution >= 0.6 is 11.5 Å². The molecule has 1 aromatic carbocycles. The van der Waals surface area contributed by atoms with Gasteiger partial charge in [-0.3, -0.25) is 19.2 Å². The number of aromatic nitrogens is 2. The van der Waals surface area contributed by atoms with Crippen molar-refractivity contribution < 1.29 is 14.0 Å². The first-order chi connectivity index (χ1) is 15.1. The van der Waals surface area contributed by atoms with Crippen LogP contribution in [0, 0.1) is 5.82 Å². The van der Waals surface area contributed by atoms with E-state index in [0.29, 0.717) is 12.2 Å². The van der Waals surface area contributed by atoms with E-state index < -0.39 is 11.8 Å². The first-order valence-corrected chi connectivity index (χ1v) is 11.4. The molecule has 2 aliphatic rings. The maximum Gasteiger partial charge on any atom is 0.335 e. The molecule has 9 heteroatoms. The van der Waals surface area contributed by atoms with Gasteiger partial charge in [0.2, 0.25) is 5.91 Å². The Balaban J connectivity index is 1.08. The Labute approximate surface area is 183 Å².